The third kappa shape index (κ3) is 1.64. The Bertz CT molecular complexity index is 510. The fraction of sp³-hybridized carbons (Fsp3) is 0.900. The van der Waals surface area contributed by atoms with Gasteiger partial charge in [0.25, 0.3) is 0 Å². The first-order chi connectivity index (χ1) is 10.2. The molecule has 4 rings (SSSR count). The molecule has 2 heteroatoms. The lowest BCUT2D eigenvalue weighted by atomic mass is 9.39. The van der Waals surface area contributed by atoms with Crippen LogP contribution in [0.15, 0.2) is 12.2 Å². The van der Waals surface area contributed by atoms with E-state index in [4.69, 9.17) is 0 Å². The molecule has 1 spiro atoms. The van der Waals surface area contributed by atoms with E-state index in [1.807, 2.05) is 0 Å². The predicted octanol–water partition coefficient (Wildman–Crippen LogP) is 3.92. The van der Waals surface area contributed by atoms with Crippen LogP contribution in [0, 0.1) is 34.0 Å². The lowest BCUT2D eigenvalue weighted by Crippen LogP contribution is -2.65. The average molecular weight is 304 g/mol. The van der Waals surface area contributed by atoms with Crippen molar-refractivity contribution in [2.45, 2.75) is 77.9 Å². The fourth-order valence-corrected chi connectivity index (χ4v) is 7.46. The predicted molar refractivity (Wildman–Crippen MR) is 88.3 cm³/mol. The van der Waals surface area contributed by atoms with Crippen LogP contribution in [0.25, 0.3) is 0 Å². The molecule has 22 heavy (non-hydrogen) atoms. The number of rotatable bonds is 0. The van der Waals surface area contributed by atoms with Gasteiger partial charge in [-0.2, -0.15) is 0 Å². The lowest BCUT2D eigenvalue weighted by Gasteiger charge is -2.66. The maximum Gasteiger partial charge on any atom is 0.0605 e. The molecule has 0 amide bonds. The minimum absolute atomic E-state index is 0.0135. The molecule has 4 fully saturated rings. The van der Waals surface area contributed by atoms with E-state index >= 15 is 0 Å². The molecule has 2 bridgehead atoms. The summed E-state index contributed by atoms with van der Waals surface area (Å²) in [5.41, 5.74) is 1.58. The molecule has 0 aliphatic heterocycles. The average Bonchev–Trinajstić information content (AvgIpc) is 2.70. The minimum Gasteiger partial charge on any atom is -0.393 e. The number of fused-ring (bicyclic) bond motifs is 3. The van der Waals surface area contributed by atoms with Gasteiger partial charge in [0.15, 0.2) is 0 Å². The molecule has 0 aromatic carbocycles. The Kier molecular flexibility index (Phi) is 3.03. The Labute approximate surface area is 135 Å². The Morgan fingerprint density at radius 3 is 2.45 bits per heavy atom. The molecule has 0 unspecified atom stereocenters. The van der Waals surface area contributed by atoms with Crippen LogP contribution in [0.4, 0.5) is 0 Å². The second-order valence-electron chi connectivity index (χ2n) is 9.81. The largest absolute Gasteiger partial charge is 0.393 e. The molecule has 4 aliphatic carbocycles. The van der Waals surface area contributed by atoms with Crippen LogP contribution in [0.5, 0.6) is 0 Å². The standard InChI is InChI=1S/C20H32O2/c1-12-10-20-11-13(12)5-6-14(20)19(4)15(9-17(20)22)18(2,3)8-7-16(19)21/h13-17,21-22H,1,5-11H2,2-4H3/t13-,14+,15-,16+,17-,19+,20+/m1/s1. The van der Waals surface area contributed by atoms with Crippen LogP contribution in [0.2, 0.25) is 0 Å². The molecule has 0 heterocycles. The Morgan fingerprint density at radius 2 is 1.73 bits per heavy atom. The first-order valence-corrected chi connectivity index (χ1v) is 9.25. The highest BCUT2D eigenvalue weighted by Crippen LogP contribution is 2.71. The molecular weight excluding hydrogens is 272 g/mol. The number of aliphatic hydroxyl groups excluding tert-OH is 2. The van der Waals surface area contributed by atoms with E-state index in [2.05, 4.69) is 27.4 Å². The van der Waals surface area contributed by atoms with Gasteiger partial charge in [-0.3, -0.25) is 0 Å². The van der Waals surface area contributed by atoms with Gasteiger partial charge in [0.1, 0.15) is 0 Å². The zero-order valence-corrected chi connectivity index (χ0v) is 14.4. The summed E-state index contributed by atoms with van der Waals surface area (Å²) in [4.78, 5) is 0. The van der Waals surface area contributed by atoms with E-state index in [1.165, 1.54) is 18.4 Å². The minimum atomic E-state index is -0.206. The number of allylic oxidation sites excluding steroid dienone is 1. The number of aliphatic hydroxyl groups is 2. The zero-order valence-electron chi connectivity index (χ0n) is 14.4. The van der Waals surface area contributed by atoms with Gasteiger partial charge in [0.2, 0.25) is 0 Å². The van der Waals surface area contributed by atoms with Crippen LogP contribution < -0.4 is 0 Å². The molecular formula is C20H32O2. The third-order valence-corrected chi connectivity index (χ3v) is 8.61. The molecule has 0 aromatic rings. The molecule has 0 saturated heterocycles. The lowest BCUT2D eigenvalue weighted by molar-refractivity contribution is -0.233. The van der Waals surface area contributed by atoms with Crippen molar-refractivity contribution in [3.05, 3.63) is 12.2 Å². The van der Waals surface area contributed by atoms with Crippen molar-refractivity contribution < 1.29 is 10.2 Å². The summed E-state index contributed by atoms with van der Waals surface area (Å²) < 4.78 is 0. The van der Waals surface area contributed by atoms with Crippen molar-refractivity contribution in [3.8, 4) is 0 Å². The Hall–Kier alpha value is -0.340. The van der Waals surface area contributed by atoms with Crippen molar-refractivity contribution in [3.63, 3.8) is 0 Å². The zero-order chi connectivity index (χ0) is 15.9. The Morgan fingerprint density at radius 1 is 1.00 bits per heavy atom. The van der Waals surface area contributed by atoms with Crippen LogP contribution >= 0.6 is 0 Å². The van der Waals surface area contributed by atoms with Gasteiger partial charge in [-0.05, 0) is 68.1 Å². The van der Waals surface area contributed by atoms with Crippen molar-refractivity contribution >= 4 is 0 Å². The van der Waals surface area contributed by atoms with Crippen molar-refractivity contribution in [2.24, 2.45) is 34.0 Å². The molecule has 0 radical (unpaired) electrons. The molecule has 7 atom stereocenters. The van der Waals surface area contributed by atoms with E-state index in [0.29, 0.717) is 17.8 Å². The van der Waals surface area contributed by atoms with Gasteiger partial charge >= 0.3 is 0 Å². The smallest absolute Gasteiger partial charge is 0.0605 e. The second kappa shape index (κ2) is 4.39. The fourth-order valence-electron chi connectivity index (χ4n) is 7.46. The van der Waals surface area contributed by atoms with E-state index in [1.54, 1.807) is 0 Å². The number of hydrogen-bond acceptors (Lipinski definition) is 2. The van der Waals surface area contributed by atoms with Gasteiger partial charge in [-0.1, -0.05) is 32.9 Å². The SMILES string of the molecule is C=C1C[C@]23C[C@H]1CC[C@H]2[C@@]1(C)[C@H](C[C@H]3O)C(C)(C)CC[C@@H]1O. The quantitative estimate of drug-likeness (QED) is 0.666. The van der Waals surface area contributed by atoms with Gasteiger partial charge in [0, 0.05) is 10.8 Å². The molecule has 124 valence electrons. The highest BCUT2D eigenvalue weighted by molar-refractivity contribution is 5.25. The maximum atomic E-state index is 11.1. The molecule has 4 aliphatic rings. The highest BCUT2D eigenvalue weighted by Gasteiger charge is 2.68. The molecule has 4 saturated carbocycles. The van der Waals surface area contributed by atoms with Crippen molar-refractivity contribution in [2.75, 3.05) is 0 Å². The topological polar surface area (TPSA) is 40.5 Å². The first kappa shape index (κ1) is 15.2. The van der Waals surface area contributed by atoms with E-state index < -0.39 is 0 Å². The second-order valence-corrected chi connectivity index (χ2v) is 9.81. The summed E-state index contributed by atoms with van der Waals surface area (Å²) in [6.07, 6.45) is 6.97. The Balaban J connectivity index is 1.82. The van der Waals surface area contributed by atoms with E-state index in [0.717, 1.165) is 32.1 Å². The van der Waals surface area contributed by atoms with Crippen LogP contribution in [0.1, 0.15) is 65.7 Å². The summed E-state index contributed by atoms with van der Waals surface area (Å²) in [5.74, 6) is 1.51. The van der Waals surface area contributed by atoms with Gasteiger partial charge in [-0.25, -0.2) is 0 Å². The summed E-state index contributed by atoms with van der Waals surface area (Å²) in [6, 6.07) is 0. The normalized spacial score (nSPS) is 56.4. The molecule has 2 nitrogen and oxygen atoms in total. The maximum absolute atomic E-state index is 11.1. The van der Waals surface area contributed by atoms with Gasteiger partial charge in [-0.15, -0.1) is 0 Å². The highest BCUT2D eigenvalue weighted by atomic mass is 16.3. The molecule has 0 aromatic heterocycles. The van der Waals surface area contributed by atoms with Crippen molar-refractivity contribution in [1.82, 2.24) is 0 Å². The number of hydrogen-bond donors (Lipinski definition) is 2. The molecule has 2 N–H and O–H groups in total. The van der Waals surface area contributed by atoms with Crippen LogP contribution in [0.3, 0.4) is 0 Å². The van der Waals surface area contributed by atoms with Crippen LogP contribution in [-0.4, -0.2) is 22.4 Å². The third-order valence-electron chi connectivity index (χ3n) is 8.61. The van der Waals surface area contributed by atoms with Gasteiger partial charge < -0.3 is 10.2 Å². The summed E-state index contributed by atoms with van der Waals surface area (Å²) in [6.45, 7) is 11.4. The summed E-state index contributed by atoms with van der Waals surface area (Å²) >= 11 is 0. The van der Waals surface area contributed by atoms with E-state index in [9.17, 15) is 10.2 Å². The van der Waals surface area contributed by atoms with Crippen LogP contribution in [-0.2, 0) is 0 Å². The monoisotopic (exact) mass is 304 g/mol. The first-order valence-electron chi connectivity index (χ1n) is 9.25. The van der Waals surface area contributed by atoms with Crippen molar-refractivity contribution in [1.29, 1.82) is 0 Å². The summed E-state index contributed by atoms with van der Waals surface area (Å²) in [7, 11) is 0. The van der Waals surface area contributed by atoms with E-state index in [-0.39, 0.29) is 28.5 Å². The van der Waals surface area contributed by atoms with Gasteiger partial charge in [0.05, 0.1) is 12.2 Å². The summed E-state index contributed by atoms with van der Waals surface area (Å²) in [5, 5.41) is 22.2.